The molecule has 17 heavy (non-hydrogen) atoms. The minimum absolute atomic E-state index is 0.190. The summed E-state index contributed by atoms with van der Waals surface area (Å²) in [4.78, 5) is 2.13. The highest BCUT2D eigenvalue weighted by atomic mass is 19.3. The third kappa shape index (κ3) is 2.27. The zero-order valence-corrected chi connectivity index (χ0v) is 9.94. The number of anilines is 1. The van der Waals surface area contributed by atoms with Gasteiger partial charge < -0.3 is 10.6 Å². The maximum atomic E-state index is 13.0. The molecule has 0 fully saturated rings. The van der Waals surface area contributed by atoms with Crippen LogP contribution in [0.4, 0.5) is 14.5 Å². The second-order valence-corrected chi connectivity index (χ2v) is 4.57. The molecule has 0 saturated heterocycles. The Morgan fingerprint density at radius 2 is 2.12 bits per heavy atom. The van der Waals surface area contributed by atoms with Crippen molar-refractivity contribution in [2.45, 2.75) is 31.7 Å². The predicted molar refractivity (Wildman–Crippen MR) is 65.7 cm³/mol. The molecule has 1 aliphatic heterocycles. The molecule has 0 saturated carbocycles. The van der Waals surface area contributed by atoms with E-state index in [9.17, 15) is 8.78 Å². The first-order valence-corrected chi connectivity index (χ1v) is 5.99. The summed E-state index contributed by atoms with van der Waals surface area (Å²) in [6.07, 6.45) is -1.79. The zero-order chi connectivity index (χ0) is 12.4. The molecule has 1 heterocycles. The van der Waals surface area contributed by atoms with E-state index in [0.29, 0.717) is 19.5 Å². The molecule has 1 aromatic rings. The van der Waals surface area contributed by atoms with E-state index in [4.69, 9.17) is 5.73 Å². The number of halogens is 2. The number of para-hydroxylation sites is 1. The van der Waals surface area contributed by atoms with Crippen LogP contribution in [0, 0.1) is 0 Å². The molecule has 2 rings (SSSR count). The molecular weight excluding hydrogens is 222 g/mol. The lowest BCUT2D eigenvalue weighted by Crippen LogP contribution is -2.43. The van der Waals surface area contributed by atoms with E-state index in [0.717, 1.165) is 11.3 Å². The summed E-state index contributed by atoms with van der Waals surface area (Å²) in [5.74, 6) is -0.632. The fraction of sp³-hybridized carbons (Fsp3) is 0.538. The van der Waals surface area contributed by atoms with Crippen molar-refractivity contribution < 1.29 is 8.78 Å². The van der Waals surface area contributed by atoms with Crippen molar-refractivity contribution in [2.24, 2.45) is 5.73 Å². The standard InChI is InChI=1S/C13H18F2N2/c1-9(8-16)17-7-6-11(13(14)15)10-4-2-3-5-12(10)17/h2-5,9,11,13H,6-8,16H2,1H3/t9-,11-/m0/s1. The molecule has 0 amide bonds. The number of alkyl halides is 2. The molecule has 0 unspecified atom stereocenters. The van der Waals surface area contributed by atoms with Crippen LogP contribution in [0.1, 0.15) is 24.8 Å². The van der Waals surface area contributed by atoms with Crippen LogP contribution in [0.15, 0.2) is 24.3 Å². The number of hydrogen-bond acceptors (Lipinski definition) is 2. The Morgan fingerprint density at radius 3 is 2.76 bits per heavy atom. The number of benzene rings is 1. The summed E-state index contributed by atoms with van der Waals surface area (Å²) in [6, 6.07) is 7.63. The smallest absolute Gasteiger partial charge is 0.245 e. The largest absolute Gasteiger partial charge is 0.367 e. The van der Waals surface area contributed by atoms with Crippen molar-refractivity contribution in [1.29, 1.82) is 0 Å². The van der Waals surface area contributed by atoms with Crippen molar-refractivity contribution in [3.8, 4) is 0 Å². The normalized spacial score (nSPS) is 21.5. The molecule has 0 radical (unpaired) electrons. The van der Waals surface area contributed by atoms with Gasteiger partial charge in [-0.1, -0.05) is 18.2 Å². The molecule has 0 bridgehead atoms. The average molecular weight is 240 g/mol. The summed E-state index contributed by atoms with van der Waals surface area (Å²) in [5.41, 5.74) is 7.34. The summed E-state index contributed by atoms with van der Waals surface area (Å²) in [7, 11) is 0. The Balaban J connectivity index is 2.36. The van der Waals surface area contributed by atoms with E-state index >= 15 is 0 Å². The molecule has 94 valence electrons. The SMILES string of the molecule is C[C@@H](CN)N1CC[C@H](C(F)F)c2ccccc21. The third-order valence-electron chi connectivity index (χ3n) is 3.50. The third-order valence-corrected chi connectivity index (χ3v) is 3.50. The van der Waals surface area contributed by atoms with Crippen LogP contribution in [0.2, 0.25) is 0 Å². The second-order valence-electron chi connectivity index (χ2n) is 4.57. The Bertz CT molecular complexity index is 381. The topological polar surface area (TPSA) is 29.3 Å². The van der Waals surface area contributed by atoms with Crippen molar-refractivity contribution >= 4 is 5.69 Å². The predicted octanol–water partition coefficient (Wildman–Crippen LogP) is 2.59. The van der Waals surface area contributed by atoms with Crippen LogP contribution in [-0.4, -0.2) is 25.6 Å². The molecule has 2 atom stereocenters. The van der Waals surface area contributed by atoms with Crippen LogP contribution < -0.4 is 10.6 Å². The van der Waals surface area contributed by atoms with Crippen LogP contribution in [0.5, 0.6) is 0 Å². The van der Waals surface area contributed by atoms with Gasteiger partial charge in [-0.15, -0.1) is 0 Å². The van der Waals surface area contributed by atoms with E-state index < -0.39 is 12.3 Å². The van der Waals surface area contributed by atoms with Crippen LogP contribution in [-0.2, 0) is 0 Å². The van der Waals surface area contributed by atoms with Gasteiger partial charge in [0.25, 0.3) is 0 Å². The fourth-order valence-electron chi connectivity index (χ4n) is 2.46. The molecule has 1 aromatic carbocycles. The lowest BCUT2D eigenvalue weighted by Gasteiger charge is -2.39. The zero-order valence-electron chi connectivity index (χ0n) is 9.94. The van der Waals surface area contributed by atoms with E-state index in [1.807, 2.05) is 31.2 Å². The van der Waals surface area contributed by atoms with Crippen molar-refractivity contribution in [3.63, 3.8) is 0 Å². The lowest BCUT2D eigenvalue weighted by atomic mass is 9.89. The Labute approximate surface area is 100 Å². The minimum atomic E-state index is -2.29. The summed E-state index contributed by atoms with van der Waals surface area (Å²) >= 11 is 0. The highest BCUT2D eigenvalue weighted by Crippen LogP contribution is 2.39. The number of nitrogens with two attached hydrogens (primary N) is 1. The monoisotopic (exact) mass is 240 g/mol. The minimum Gasteiger partial charge on any atom is -0.367 e. The van der Waals surface area contributed by atoms with Gasteiger partial charge in [0, 0.05) is 30.7 Å². The molecule has 0 aromatic heterocycles. The van der Waals surface area contributed by atoms with Crippen LogP contribution in [0.25, 0.3) is 0 Å². The van der Waals surface area contributed by atoms with Crippen molar-refractivity contribution in [2.75, 3.05) is 18.0 Å². The number of fused-ring (bicyclic) bond motifs is 1. The van der Waals surface area contributed by atoms with Gasteiger partial charge in [0.2, 0.25) is 6.43 Å². The number of hydrogen-bond donors (Lipinski definition) is 1. The average Bonchev–Trinajstić information content (AvgIpc) is 2.36. The second kappa shape index (κ2) is 5.00. The summed E-state index contributed by atoms with van der Waals surface area (Å²) in [5, 5.41) is 0. The maximum Gasteiger partial charge on any atom is 0.245 e. The Kier molecular flexibility index (Phi) is 3.62. The summed E-state index contributed by atoms with van der Waals surface area (Å²) in [6.45, 7) is 3.22. The molecule has 2 nitrogen and oxygen atoms in total. The highest BCUT2D eigenvalue weighted by molar-refractivity contribution is 5.58. The molecule has 0 spiro atoms. The van der Waals surface area contributed by atoms with Crippen LogP contribution >= 0.6 is 0 Å². The van der Waals surface area contributed by atoms with E-state index in [1.54, 1.807) is 0 Å². The van der Waals surface area contributed by atoms with Gasteiger partial charge in [-0.2, -0.15) is 0 Å². The fourth-order valence-corrected chi connectivity index (χ4v) is 2.46. The Morgan fingerprint density at radius 1 is 1.41 bits per heavy atom. The first-order chi connectivity index (χ1) is 8.15. The van der Waals surface area contributed by atoms with E-state index in [1.165, 1.54) is 0 Å². The Hall–Kier alpha value is -1.16. The van der Waals surface area contributed by atoms with Gasteiger partial charge in [0.05, 0.1) is 0 Å². The van der Waals surface area contributed by atoms with Crippen molar-refractivity contribution in [1.82, 2.24) is 0 Å². The van der Waals surface area contributed by atoms with Gasteiger partial charge in [0.15, 0.2) is 0 Å². The van der Waals surface area contributed by atoms with E-state index in [-0.39, 0.29) is 6.04 Å². The molecule has 2 N–H and O–H groups in total. The maximum absolute atomic E-state index is 13.0. The van der Waals surface area contributed by atoms with Gasteiger partial charge >= 0.3 is 0 Å². The highest BCUT2D eigenvalue weighted by Gasteiger charge is 2.32. The first-order valence-electron chi connectivity index (χ1n) is 5.99. The number of nitrogens with zero attached hydrogens (tertiary/aromatic N) is 1. The van der Waals surface area contributed by atoms with Crippen molar-refractivity contribution in [3.05, 3.63) is 29.8 Å². The number of rotatable bonds is 3. The van der Waals surface area contributed by atoms with Gasteiger partial charge in [-0.3, -0.25) is 0 Å². The van der Waals surface area contributed by atoms with Gasteiger partial charge in [-0.05, 0) is 25.0 Å². The molecular formula is C13H18F2N2. The molecule has 0 aliphatic carbocycles. The lowest BCUT2D eigenvalue weighted by molar-refractivity contribution is 0.108. The van der Waals surface area contributed by atoms with Gasteiger partial charge in [0.1, 0.15) is 0 Å². The first kappa shape index (κ1) is 12.3. The van der Waals surface area contributed by atoms with E-state index in [2.05, 4.69) is 4.90 Å². The molecule has 4 heteroatoms. The molecule has 1 aliphatic rings. The summed E-state index contributed by atoms with van der Waals surface area (Å²) < 4.78 is 25.9. The quantitative estimate of drug-likeness (QED) is 0.880. The van der Waals surface area contributed by atoms with Gasteiger partial charge in [-0.25, -0.2) is 8.78 Å². The van der Waals surface area contributed by atoms with Crippen LogP contribution in [0.3, 0.4) is 0 Å².